The highest BCUT2D eigenvalue weighted by molar-refractivity contribution is 4.95. The molecule has 1 aliphatic heterocycles. The van der Waals surface area contributed by atoms with Crippen LogP contribution in [-0.4, -0.2) is 38.3 Å². The molecular weight excluding hydrogens is 140 g/mol. The molecular formula is C8H14N2O. The molecule has 2 unspecified atom stereocenters. The van der Waals surface area contributed by atoms with E-state index in [9.17, 15) is 0 Å². The number of nitriles is 1. The van der Waals surface area contributed by atoms with E-state index in [0.29, 0.717) is 5.92 Å². The van der Waals surface area contributed by atoms with Crippen molar-refractivity contribution in [2.45, 2.75) is 12.5 Å². The third-order valence-corrected chi connectivity index (χ3v) is 2.10. The Morgan fingerprint density at radius 2 is 2.36 bits per heavy atom. The summed E-state index contributed by atoms with van der Waals surface area (Å²) in [6.45, 7) is 1.56. The molecule has 0 aromatic carbocycles. The molecule has 1 rings (SSSR count). The van der Waals surface area contributed by atoms with Gasteiger partial charge in [0.15, 0.2) is 0 Å². The van der Waals surface area contributed by atoms with Crippen molar-refractivity contribution in [3.05, 3.63) is 0 Å². The average molecular weight is 154 g/mol. The van der Waals surface area contributed by atoms with E-state index in [2.05, 4.69) is 6.07 Å². The predicted octanol–water partition coefficient (Wildman–Crippen LogP) is 0.477. The summed E-state index contributed by atoms with van der Waals surface area (Å²) >= 11 is 0. The Morgan fingerprint density at radius 1 is 1.64 bits per heavy atom. The van der Waals surface area contributed by atoms with Gasteiger partial charge in [0.25, 0.3) is 0 Å². The van der Waals surface area contributed by atoms with E-state index in [1.54, 1.807) is 0 Å². The van der Waals surface area contributed by atoms with Crippen LogP contribution in [0.3, 0.4) is 0 Å². The number of ether oxygens (including phenoxy) is 1. The van der Waals surface area contributed by atoms with Crippen molar-refractivity contribution in [1.82, 2.24) is 4.90 Å². The molecule has 0 N–H and O–H groups in total. The number of rotatable bonds is 2. The molecule has 0 bridgehead atoms. The van der Waals surface area contributed by atoms with Crippen molar-refractivity contribution in [2.75, 3.05) is 27.3 Å². The lowest BCUT2D eigenvalue weighted by atomic mass is 10.00. The molecule has 0 spiro atoms. The van der Waals surface area contributed by atoms with Gasteiger partial charge in [-0.3, -0.25) is 4.90 Å². The topological polar surface area (TPSA) is 36.3 Å². The first-order valence-corrected chi connectivity index (χ1v) is 3.89. The second-order valence-electron chi connectivity index (χ2n) is 3.16. The normalized spacial score (nSPS) is 26.9. The quantitative estimate of drug-likeness (QED) is 0.580. The summed E-state index contributed by atoms with van der Waals surface area (Å²) in [4.78, 5) is 1.96. The van der Waals surface area contributed by atoms with Crippen molar-refractivity contribution in [3.63, 3.8) is 0 Å². The van der Waals surface area contributed by atoms with Crippen molar-refractivity contribution in [1.29, 1.82) is 5.26 Å². The number of hydrogen-bond acceptors (Lipinski definition) is 3. The van der Waals surface area contributed by atoms with Crippen LogP contribution in [0.2, 0.25) is 0 Å². The van der Waals surface area contributed by atoms with Gasteiger partial charge in [-0.15, -0.1) is 0 Å². The predicted molar refractivity (Wildman–Crippen MR) is 42.0 cm³/mol. The standard InChI is InChI=1S/C8H14N2O/c1-10(2)8(5-9)7-3-4-11-6-7/h7-8H,3-4,6H2,1-2H3. The average Bonchev–Trinajstić information content (AvgIpc) is 2.40. The second kappa shape index (κ2) is 3.70. The fraction of sp³-hybridized carbons (Fsp3) is 0.875. The smallest absolute Gasteiger partial charge is 0.102 e. The van der Waals surface area contributed by atoms with Gasteiger partial charge in [0.05, 0.1) is 12.7 Å². The minimum Gasteiger partial charge on any atom is -0.381 e. The van der Waals surface area contributed by atoms with E-state index >= 15 is 0 Å². The highest BCUT2D eigenvalue weighted by atomic mass is 16.5. The fourth-order valence-electron chi connectivity index (χ4n) is 1.44. The van der Waals surface area contributed by atoms with Crippen molar-refractivity contribution in [2.24, 2.45) is 5.92 Å². The zero-order valence-electron chi connectivity index (χ0n) is 7.08. The van der Waals surface area contributed by atoms with Crippen LogP contribution >= 0.6 is 0 Å². The monoisotopic (exact) mass is 154 g/mol. The van der Waals surface area contributed by atoms with Crippen LogP contribution in [-0.2, 0) is 4.74 Å². The first-order chi connectivity index (χ1) is 5.25. The lowest BCUT2D eigenvalue weighted by molar-refractivity contribution is 0.167. The maximum absolute atomic E-state index is 8.81. The first-order valence-electron chi connectivity index (χ1n) is 3.89. The lowest BCUT2D eigenvalue weighted by Crippen LogP contribution is -2.34. The summed E-state index contributed by atoms with van der Waals surface area (Å²) in [5.41, 5.74) is 0. The lowest BCUT2D eigenvalue weighted by Gasteiger charge is -2.21. The summed E-state index contributed by atoms with van der Waals surface area (Å²) in [5.74, 6) is 0.412. The molecule has 0 saturated carbocycles. The van der Waals surface area contributed by atoms with Gasteiger partial charge in [-0.05, 0) is 20.5 Å². The van der Waals surface area contributed by atoms with E-state index in [1.807, 2.05) is 19.0 Å². The van der Waals surface area contributed by atoms with Crippen LogP contribution < -0.4 is 0 Å². The van der Waals surface area contributed by atoms with Gasteiger partial charge in [0.2, 0.25) is 0 Å². The van der Waals surface area contributed by atoms with Crippen molar-refractivity contribution in [3.8, 4) is 6.07 Å². The van der Waals surface area contributed by atoms with E-state index in [4.69, 9.17) is 10.00 Å². The molecule has 1 aliphatic rings. The SMILES string of the molecule is CN(C)C(C#N)C1CCOC1. The maximum Gasteiger partial charge on any atom is 0.102 e. The molecule has 1 fully saturated rings. The minimum atomic E-state index is 0.0255. The van der Waals surface area contributed by atoms with E-state index in [-0.39, 0.29) is 6.04 Å². The zero-order chi connectivity index (χ0) is 8.27. The van der Waals surface area contributed by atoms with Gasteiger partial charge in [-0.2, -0.15) is 5.26 Å². The zero-order valence-corrected chi connectivity index (χ0v) is 7.08. The molecule has 0 aliphatic carbocycles. The third-order valence-electron chi connectivity index (χ3n) is 2.10. The Kier molecular flexibility index (Phi) is 2.86. The van der Waals surface area contributed by atoms with E-state index in [1.165, 1.54) is 0 Å². The maximum atomic E-state index is 8.81. The molecule has 3 heteroatoms. The van der Waals surface area contributed by atoms with E-state index in [0.717, 1.165) is 19.6 Å². The molecule has 1 heterocycles. The van der Waals surface area contributed by atoms with Crippen LogP contribution in [0.1, 0.15) is 6.42 Å². The summed E-state index contributed by atoms with van der Waals surface area (Å²) < 4.78 is 5.21. The Morgan fingerprint density at radius 3 is 2.73 bits per heavy atom. The Bertz CT molecular complexity index is 156. The largest absolute Gasteiger partial charge is 0.381 e. The number of nitrogens with zero attached hydrogens (tertiary/aromatic N) is 2. The molecule has 0 aromatic heterocycles. The minimum absolute atomic E-state index is 0.0255. The van der Waals surface area contributed by atoms with Crippen molar-refractivity contribution < 1.29 is 4.74 Å². The molecule has 62 valence electrons. The van der Waals surface area contributed by atoms with Crippen molar-refractivity contribution >= 4 is 0 Å². The molecule has 0 aromatic rings. The Hall–Kier alpha value is -0.590. The Labute approximate surface area is 67.6 Å². The molecule has 2 atom stereocenters. The second-order valence-corrected chi connectivity index (χ2v) is 3.16. The Balaban J connectivity index is 2.48. The fourth-order valence-corrected chi connectivity index (χ4v) is 1.44. The van der Waals surface area contributed by atoms with Crippen LogP contribution in [0.5, 0.6) is 0 Å². The van der Waals surface area contributed by atoms with Crippen LogP contribution in [0.25, 0.3) is 0 Å². The molecule has 0 amide bonds. The molecule has 3 nitrogen and oxygen atoms in total. The van der Waals surface area contributed by atoms with Crippen LogP contribution in [0.15, 0.2) is 0 Å². The summed E-state index contributed by atoms with van der Waals surface area (Å²) in [7, 11) is 3.87. The molecule has 0 radical (unpaired) electrons. The first kappa shape index (κ1) is 8.51. The summed E-state index contributed by atoms with van der Waals surface area (Å²) in [6.07, 6.45) is 1.02. The molecule has 1 saturated heterocycles. The highest BCUT2D eigenvalue weighted by Gasteiger charge is 2.26. The van der Waals surface area contributed by atoms with Gasteiger partial charge in [0, 0.05) is 12.5 Å². The van der Waals surface area contributed by atoms with Gasteiger partial charge >= 0.3 is 0 Å². The number of hydrogen-bond donors (Lipinski definition) is 0. The van der Waals surface area contributed by atoms with Crippen LogP contribution in [0, 0.1) is 17.2 Å². The third kappa shape index (κ3) is 1.92. The van der Waals surface area contributed by atoms with Gasteiger partial charge < -0.3 is 4.74 Å². The molecule has 11 heavy (non-hydrogen) atoms. The van der Waals surface area contributed by atoms with Gasteiger partial charge in [0.1, 0.15) is 6.04 Å². The van der Waals surface area contributed by atoms with Crippen LogP contribution in [0.4, 0.5) is 0 Å². The summed E-state index contributed by atoms with van der Waals surface area (Å²) in [5, 5.41) is 8.81. The van der Waals surface area contributed by atoms with Gasteiger partial charge in [-0.25, -0.2) is 0 Å². The van der Waals surface area contributed by atoms with E-state index < -0.39 is 0 Å². The van der Waals surface area contributed by atoms with Gasteiger partial charge in [-0.1, -0.05) is 0 Å². The summed E-state index contributed by atoms with van der Waals surface area (Å²) in [6, 6.07) is 2.31. The highest BCUT2D eigenvalue weighted by Crippen LogP contribution is 2.18.